The van der Waals surface area contributed by atoms with Gasteiger partial charge in [-0.3, -0.25) is 24.3 Å². The first-order valence-corrected chi connectivity index (χ1v) is 10.8. The van der Waals surface area contributed by atoms with Gasteiger partial charge in [0.25, 0.3) is 5.91 Å². The number of ketones is 2. The zero-order chi connectivity index (χ0) is 21.8. The van der Waals surface area contributed by atoms with Crippen LogP contribution in [0, 0.1) is 5.92 Å². The van der Waals surface area contributed by atoms with E-state index in [0.717, 1.165) is 19.6 Å². The van der Waals surface area contributed by atoms with Crippen LogP contribution in [0.15, 0.2) is 48.8 Å². The first kappa shape index (κ1) is 21.6. The van der Waals surface area contributed by atoms with Gasteiger partial charge in [-0.15, -0.1) is 0 Å². The highest BCUT2D eigenvalue weighted by molar-refractivity contribution is 6.44. The molecule has 0 N–H and O–H groups in total. The Balaban J connectivity index is 1.58. The monoisotopic (exact) mass is 441 g/mol. The number of morpholine rings is 1. The van der Waals surface area contributed by atoms with E-state index in [4.69, 9.17) is 16.3 Å². The van der Waals surface area contributed by atoms with Crippen molar-refractivity contribution in [2.75, 3.05) is 39.4 Å². The highest BCUT2D eigenvalue weighted by Gasteiger charge is 2.51. The highest BCUT2D eigenvalue weighted by atomic mass is 35.5. The molecular weight excluding hydrogens is 418 g/mol. The summed E-state index contributed by atoms with van der Waals surface area (Å²) in [7, 11) is 0. The summed E-state index contributed by atoms with van der Waals surface area (Å²) in [5.41, 5.74) is 1.04. The van der Waals surface area contributed by atoms with Gasteiger partial charge in [0.1, 0.15) is 5.92 Å². The van der Waals surface area contributed by atoms with Crippen LogP contribution in [0.25, 0.3) is 0 Å². The van der Waals surface area contributed by atoms with E-state index in [0.29, 0.717) is 42.3 Å². The Hall–Kier alpha value is -2.61. The van der Waals surface area contributed by atoms with E-state index in [-0.39, 0.29) is 5.78 Å². The second-order valence-electron chi connectivity index (χ2n) is 7.75. The summed E-state index contributed by atoms with van der Waals surface area (Å²) in [5.74, 6) is -2.75. The van der Waals surface area contributed by atoms with Crippen molar-refractivity contribution in [3.8, 4) is 0 Å². The molecule has 1 amide bonds. The lowest BCUT2D eigenvalue weighted by Crippen LogP contribution is -2.39. The van der Waals surface area contributed by atoms with Crippen LogP contribution < -0.4 is 0 Å². The number of halogens is 1. The van der Waals surface area contributed by atoms with Crippen molar-refractivity contribution in [3.05, 3.63) is 64.9 Å². The van der Waals surface area contributed by atoms with E-state index in [1.807, 2.05) is 0 Å². The Morgan fingerprint density at radius 2 is 1.84 bits per heavy atom. The molecule has 2 aliphatic rings. The molecule has 0 radical (unpaired) electrons. The Morgan fingerprint density at radius 3 is 2.52 bits per heavy atom. The number of pyridine rings is 1. The molecule has 0 saturated carbocycles. The van der Waals surface area contributed by atoms with E-state index in [9.17, 15) is 14.4 Å². The molecule has 0 spiro atoms. The van der Waals surface area contributed by atoms with Gasteiger partial charge in [0.2, 0.25) is 5.78 Å². The fourth-order valence-electron chi connectivity index (χ4n) is 4.23. The highest BCUT2D eigenvalue weighted by Crippen LogP contribution is 2.38. The summed E-state index contributed by atoms with van der Waals surface area (Å²) < 4.78 is 5.37. The van der Waals surface area contributed by atoms with Gasteiger partial charge in [0.15, 0.2) is 5.78 Å². The normalized spacial score (nSPS) is 22.2. The van der Waals surface area contributed by atoms with Gasteiger partial charge in [0.05, 0.1) is 19.3 Å². The van der Waals surface area contributed by atoms with E-state index < -0.39 is 23.7 Å². The molecule has 4 rings (SSSR count). The molecule has 31 heavy (non-hydrogen) atoms. The molecule has 3 heterocycles. The average molecular weight is 442 g/mol. The third-order valence-corrected chi connectivity index (χ3v) is 6.07. The number of nitrogens with zero attached hydrogens (tertiary/aromatic N) is 3. The maximum Gasteiger partial charge on any atom is 0.291 e. The van der Waals surface area contributed by atoms with Crippen LogP contribution >= 0.6 is 11.6 Å². The molecule has 2 fully saturated rings. The molecule has 0 bridgehead atoms. The number of Topliss-reactive ketones (excluding diaryl/α,β-unsaturated/α-hetero) is 2. The van der Waals surface area contributed by atoms with Crippen molar-refractivity contribution in [1.82, 2.24) is 14.8 Å². The van der Waals surface area contributed by atoms with Crippen molar-refractivity contribution in [2.24, 2.45) is 5.92 Å². The number of likely N-dealkylation sites (tertiary alicyclic amines) is 1. The molecule has 7 nitrogen and oxygen atoms in total. The van der Waals surface area contributed by atoms with Gasteiger partial charge in [-0.2, -0.15) is 0 Å². The summed E-state index contributed by atoms with van der Waals surface area (Å²) in [5, 5.41) is 0.499. The number of aromatic nitrogens is 1. The van der Waals surface area contributed by atoms with Crippen LogP contribution in [0.4, 0.5) is 0 Å². The number of carbonyl (C=O) groups excluding carboxylic acids is 3. The maximum atomic E-state index is 13.3. The zero-order valence-corrected chi connectivity index (χ0v) is 17.8. The molecule has 2 unspecified atom stereocenters. The Kier molecular flexibility index (Phi) is 6.75. The van der Waals surface area contributed by atoms with Crippen molar-refractivity contribution in [3.63, 3.8) is 0 Å². The van der Waals surface area contributed by atoms with Gasteiger partial charge >= 0.3 is 0 Å². The largest absolute Gasteiger partial charge is 0.379 e. The minimum Gasteiger partial charge on any atom is -0.379 e. The Bertz CT molecular complexity index is 945. The number of hydrogen-bond acceptors (Lipinski definition) is 6. The van der Waals surface area contributed by atoms with Crippen molar-refractivity contribution in [1.29, 1.82) is 0 Å². The molecule has 1 aromatic heterocycles. The van der Waals surface area contributed by atoms with E-state index in [2.05, 4.69) is 9.88 Å². The van der Waals surface area contributed by atoms with E-state index in [1.165, 1.54) is 4.90 Å². The summed E-state index contributed by atoms with van der Waals surface area (Å²) in [6, 6.07) is 9.28. The first-order chi connectivity index (χ1) is 15.1. The molecule has 2 atom stereocenters. The Labute approximate surface area is 185 Å². The third-order valence-electron chi connectivity index (χ3n) is 5.82. The number of benzene rings is 1. The fraction of sp³-hybridized carbons (Fsp3) is 0.391. The van der Waals surface area contributed by atoms with E-state index in [1.54, 1.807) is 48.8 Å². The number of rotatable bonds is 7. The van der Waals surface area contributed by atoms with Crippen LogP contribution in [0.1, 0.15) is 28.4 Å². The van der Waals surface area contributed by atoms with Crippen LogP contribution in [-0.2, 0) is 14.3 Å². The molecule has 8 heteroatoms. The topological polar surface area (TPSA) is 79.8 Å². The molecule has 162 valence electrons. The third kappa shape index (κ3) is 4.69. The number of amides is 1. The number of carbonyl (C=O) groups is 3. The molecule has 2 aliphatic heterocycles. The lowest BCUT2D eigenvalue weighted by atomic mass is 9.87. The average Bonchev–Trinajstić information content (AvgIpc) is 3.05. The first-order valence-electron chi connectivity index (χ1n) is 10.4. The van der Waals surface area contributed by atoms with E-state index >= 15 is 0 Å². The SMILES string of the molecule is O=C1C(=O)N(CCCN2CCOCC2)C(c2cccnc2)C1C(=O)c1ccc(Cl)cc1. The van der Waals surface area contributed by atoms with Crippen molar-refractivity contribution >= 4 is 29.1 Å². The number of ether oxygens (including phenoxy) is 1. The lowest BCUT2D eigenvalue weighted by molar-refractivity contribution is -0.140. The predicted octanol–water partition coefficient (Wildman–Crippen LogP) is 2.41. The second-order valence-corrected chi connectivity index (χ2v) is 8.19. The molecule has 0 aliphatic carbocycles. The zero-order valence-electron chi connectivity index (χ0n) is 17.1. The van der Waals surface area contributed by atoms with Crippen LogP contribution in [0.3, 0.4) is 0 Å². The summed E-state index contributed by atoms with van der Waals surface area (Å²) in [4.78, 5) is 47.1. The standard InChI is InChI=1S/C23H24ClN3O4/c24-18-6-4-16(5-7-18)21(28)19-20(17-3-1-8-25-15-17)27(23(30)22(19)29)10-2-9-26-11-13-31-14-12-26/h1,3-8,15,19-20H,2,9-14H2. The van der Waals surface area contributed by atoms with Crippen molar-refractivity contribution < 1.29 is 19.1 Å². The van der Waals surface area contributed by atoms with Gasteiger partial charge < -0.3 is 9.64 Å². The lowest BCUT2D eigenvalue weighted by Gasteiger charge is -2.30. The summed E-state index contributed by atoms with van der Waals surface area (Å²) in [6.45, 7) is 4.32. The van der Waals surface area contributed by atoms with Crippen LogP contribution in [-0.4, -0.2) is 71.7 Å². The predicted molar refractivity (Wildman–Crippen MR) is 115 cm³/mol. The summed E-state index contributed by atoms with van der Waals surface area (Å²) >= 11 is 5.94. The quantitative estimate of drug-likeness (QED) is 0.373. The van der Waals surface area contributed by atoms with Gasteiger partial charge in [-0.1, -0.05) is 17.7 Å². The van der Waals surface area contributed by atoms with Crippen LogP contribution in [0.5, 0.6) is 0 Å². The fourth-order valence-corrected chi connectivity index (χ4v) is 4.36. The molecule has 2 aromatic rings. The van der Waals surface area contributed by atoms with Crippen molar-refractivity contribution in [2.45, 2.75) is 12.5 Å². The second kappa shape index (κ2) is 9.68. The van der Waals surface area contributed by atoms with Gasteiger partial charge in [-0.25, -0.2) is 0 Å². The summed E-state index contributed by atoms with van der Waals surface area (Å²) in [6.07, 6.45) is 3.95. The smallest absolute Gasteiger partial charge is 0.291 e. The molecular formula is C23H24ClN3O4. The minimum atomic E-state index is -1.10. The molecule has 2 saturated heterocycles. The van der Waals surface area contributed by atoms with Gasteiger partial charge in [0, 0.05) is 49.2 Å². The number of hydrogen-bond donors (Lipinski definition) is 0. The molecule has 1 aromatic carbocycles. The minimum absolute atomic E-state index is 0.361. The van der Waals surface area contributed by atoms with Gasteiger partial charge in [-0.05, 0) is 42.3 Å². The maximum absolute atomic E-state index is 13.3. The van der Waals surface area contributed by atoms with Crippen LogP contribution in [0.2, 0.25) is 5.02 Å². The Morgan fingerprint density at radius 1 is 1.10 bits per heavy atom.